The first-order valence-electron chi connectivity index (χ1n) is 9.15. The van der Waals surface area contributed by atoms with Crippen molar-refractivity contribution in [2.75, 3.05) is 27.9 Å². The zero-order valence-electron chi connectivity index (χ0n) is 17.3. The number of aliphatic imine (C=N–C) groups is 1. The summed E-state index contributed by atoms with van der Waals surface area (Å²) in [5.41, 5.74) is 1.60. The van der Waals surface area contributed by atoms with Crippen molar-refractivity contribution in [2.45, 2.75) is 6.92 Å². The number of hydrogen-bond donors (Lipinski definition) is 0. The van der Waals surface area contributed by atoms with Crippen LogP contribution in [-0.2, 0) is 4.79 Å². The van der Waals surface area contributed by atoms with Crippen LogP contribution >= 0.6 is 11.8 Å². The van der Waals surface area contributed by atoms with Crippen LogP contribution < -0.4 is 14.2 Å². The van der Waals surface area contributed by atoms with Crippen molar-refractivity contribution in [1.82, 2.24) is 9.88 Å². The van der Waals surface area contributed by atoms with Crippen LogP contribution in [0.4, 0.5) is 5.82 Å². The summed E-state index contributed by atoms with van der Waals surface area (Å²) in [7, 11) is 4.65. The Balaban J connectivity index is 2.01. The van der Waals surface area contributed by atoms with E-state index in [1.807, 2.05) is 19.1 Å². The largest absolute Gasteiger partial charge is 0.493 e. The molecule has 0 N–H and O–H groups in total. The standard InChI is InChI=1S/C22H23N3O4S/c1-6-10-25-21(26)18(30-22(25)24-19-9-7-8-14(2)23-19)13-15-11-16(27-3)20(29-5)17(12-15)28-4/h6-9,11-13H,1,10H2,2-5H3/b18-13-,24-22+. The highest BCUT2D eigenvalue weighted by molar-refractivity contribution is 8.18. The first-order valence-corrected chi connectivity index (χ1v) is 9.97. The van der Waals surface area contributed by atoms with Gasteiger partial charge in [0.2, 0.25) is 5.75 Å². The van der Waals surface area contributed by atoms with Gasteiger partial charge in [0.15, 0.2) is 22.5 Å². The predicted molar refractivity (Wildman–Crippen MR) is 120 cm³/mol. The van der Waals surface area contributed by atoms with Gasteiger partial charge in [-0.1, -0.05) is 12.1 Å². The van der Waals surface area contributed by atoms with Gasteiger partial charge in [0.1, 0.15) is 0 Å². The van der Waals surface area contributed by atoms with Crippen LogP contribution in [0.2, 0.25) is 0 Å². The fourth-order valence-corrected chi connectivity index (χ4v) is 3.90. The van der Waals surface area contributed by atoms with Crippen LogP contribution in [-0.4, -0.2) is 48.8 Å². The normalized spacial score (nSPS) is 16.3. The monoisotopic (exact) mass is 425 g/mol. The van der Waals surface area contributed by atoms with Gasteiger partial charge in [-0.2, -0.15) is 0 Å². The van der Waals surface area contributed by atoms with Crippen LogP contribution in [0.15, 0.2) is 52.9 Å². The molecule has 1 aliphatic rings. The number of carbonyl (C=O) groups excluding carboxylic acids is 1. The fourth-order valence-electron chi connectivity index (χ4n) is 2.91. The van der Waals surface area contributed by atoms with E-state index in [9.17, 15) is 4.79 Å². The number of ether oxygens (including phenoxy) is 3. The molecule has 1 aromatic carbocycles. The minimum absolute atomic E-state index is 0.153. The van der Waals surface area contributed by atoms with Gasteiger partial charge in [0, 0.05) is 12.2 Å². The van der Waals surface area contributed by atoms with E-state index in [0.717, 1.165) is 11.3 Å². The number of amides is 1. The molecule has 0 spiro atoms. The molecule has 30 heavy (non-hydrogen) atoms. The summed E-state index contributed by atoms with van der Waals surface area (Å²) in [6, 6.07) is 9.16. The van der Waals surface area contributed by atoms with Crippen LogP contribution in [0.25, 0.3) is 6.08 Å². The Labute approximate surface area is 180 Å². The molecule has 0 bridgehead atoms. The summed E-state index contributed by atoms with van der Waals surface area (Å²) in [5.74, 6) is 1.92. The van der Waals surface area contributed by atoms with Gasteiger partial charge in [0.05, 0.1) is 26.2 Å². The fraction of sp³-hybridized carbons (Fsp3) is 0.227. The quantitative estimate of drug-likeness (QED) is 0.489. The van der Waals surface area contributed by atoms with Gasteiger partial charge in [-0.3, -0.25) is 9.69 Å². The van der Waals surface area contributed by atoms with Gasteiger partial charge in [-0.25, -0.2) is 9.98 Å². The van der Waals surface area contributed by atoms with E-state index in [4.69, 9.17) is 14.2 Å². The number of pyridine rings is 1. The minimum Gasteiger partial charge on any atom is -0.493 e. The molecular weight excluding hydrogens is 402 g/mol. The molecule has 3 rings (SSSR count). The van der Waals surface area contributed by atoms with Gasteiger partial charge in [-0.15, -0.1) is 6.58 Å². The van der Waals surface area contributed by atoms with Gasteiger partial charge in [0.25, 0.3) is 5.91 Å². The molecular formula is C22H23N3O4S. The van der Waals surface area contributed by atoms with E-state index in [-0.39, 0.29) is 5.91 Å². The molecule has 7 nitrogen and oxygen atoms in total. The van der Waals surface area contributed by atoms with Crippen molar-refractivity contribution in [3.05, 3.63) is 59.1 Å². The third kappa shape index (κ3) is 4.49. The lowest BCUT2D eigenvalue weighted by atomic mass is 10.1. The third-order valence-corrected chi connectivity index (χ3v) is 5.28. The van der Waals surface area contributed by atoms with Crippen LogP contribution in [0.1, 0.15) is 11.3 Å². The van der Waals surface area contributed by atoms with Crippen molar-refractivity contribution in [3.63, 3.8) is 0 Å². The maximum atomic E-state index is 13.0. The Hall–Kier alpha value is -3.26. The third-order valence-electron chi connectivity index (χ3n) is 4.27. The van der Waals surface area contributed by atoms with E-state index in [1.54, 1.807) is 56.6 Å². The van der Waals surface area contributed by atoms with E-state index >= 15 is 0 Å². The average Bonchev–Trinajstić information content (AvgIpc) is 3.02. The van der Waals surface area contributed by atoms with Crippen LogP contribution in [0, 0.1) is 6.92 Å². The Morgan fingerprint density at radius 2 is 1.87 bits per heavy atom. The number of nitrogens with zero attached hydrogens (tertiary/aromatic N) is 3. The molecule has 0 unspecified atom stereocenters. The van der Waals surface area contributed by atoms with Crippen LogP contribution in [0.3, 0.4) is 0 Å². The van der Waals surface area contributed by atoms with Crippen LogP contribution in [0.5, 0.6) is 17.2 Å². The zero-order chi connectivity index (χ0) is 21.7. The van der Waals surface area contributed by atoms with E-state index in [1.165, 1.54) is 11.8 Å². The Morgan fingerprint density at radius 3 is 2.43 bits per heavy atom. The molecule has 1 amide bonds. The lowest BCUT2D eigenvalue weighted by molar-refractivity contribution is -0.121. The summed E-state index contributed by atoms with van der Waals surface area (Å²) in [5, 5.41) is 0.552. The second-order valence-corrected chi connectivity index (χ2v) is 7.31. The lowest BCUT2D eigenvalue weighted by Gasteiger charge is -2.13. The average molecular weight is 426 g/mol. The smallest absolute Gasteiger partial charge is 0.267 e. The van der Waals surface area contributed by atoms with Crippen molar-refractivity contribution in [2.24, 2.45) is 4.99 Å². The highest BCUT2D eigenvalue weighted by Gasteiger charge is 2.33. The SMILES string of the molecule is C=CCN1C(=O)/C(=C/c2cc(OC)c(OC)c(OC)c2)S/C1=N/c1cccc(C)n1. The zero-order valence-corrected chi connectivity index (χ0v) is 18.2. The van der Waals surface area contributed by atoms with E-state index in [0.29, 0.717) is 39.7 Å². The number of hydrogen-bond acceptors (Lipinski definition) is 7. The Morgan fingerprint density at radius 1 is 1.17 bits per heavy atom. The molecule has 0 saturated carbocycles. The number of methoxy groups -OCH3 is 3. The lowest BCUT2D eigenvalue weighted by Crippen LogP contribution is -2.29. The Bertz CT molecular complexity index is 1010. The van der Waals surface area contributed by atoms with E-state index in [2.05, 4.69) is 16.6 Å². The maximum absolute atomic E-state index is 13.0. The molecule has 1 aromatic heterocycles. The number of benzene rings is 1. The summed E-state index contributed by atoms with van der Waals surface area (Å²) >= 11 is 1.29. The Kier molecular flexibility index (Phi) is 6.79. The number of carbonyl (C=O) groups is 1. The van der Waals surface area contributed by atoms with Gasteiger partial charge >= 0.3 is 0 Å². The molecule has 0 aliphatic carbocycles. The molecule has 8 heteroatoms. The summed E-state index contributed by atoms with van der Waals surface area (Å²) in [6.07, 6.45) is 3.44. The molecule has 1 fully saturated rings. The molecule has 1 aliphatic heterocycles. The highest BCUT2D eigenvalue weighted by atomic mass is 32.2. The van der Waals surface area contributed by atoms with E-state index < -0.39 is 0 Å². The minimum atomic E-state index is -0.153. The number of aromatic nitrogens is 1. The first kappa shape index (κ1) is 21.4. The van der Waals surface area contributed by atoms with Crippen molar-refractivity contribution in [3.8, 4) is 17.2 Å². The summed E-state index contributed by atoms with van der Waals surface area (Å²) in [4.78, 5) is 24.1. The molecule has 2 heterocycles. The molecule has 0 radical (unpaired) electrons. The highest BCUT2D eigenvalue weighted by Crippen LogP contribution is 2.40. The van der Waals surface area contributed by atoms with Crippen molar-refractivity contribution >= 4 is 34.7 Å². The number of amidine groups is 1. The second kappa shape index (κ2) is 9.49. The predicted octanol–water partition coefficient (Wildman–Crippen LogP) is 4.21. The van der Waals surface area contributed by atoms with Gasteiger partial charge < -0.3 is 14.2 Å². The second-order valence-electron chi connectivity index (χ2n) is 6.31. The topological polar surface area (TPSA) is 73.2 Å². The molecule has 1 saturated heterocycles. The number of aryl methyl sites for hydroxylation is 1. The summed E-state index contributed by atoms with van der Waals surface area (Å²) < 4.78 is 16.2. The number of thioether (sulfide) groups is 1. The summed E-state index contributed by atoms with van der Waals surface area (Å²) in [6.45, 7) is 5.99. The molecule has 0 atom stereocenters. The molecule has 2 aromatic rings. The maximum Gasteiger partial charge on any atom is 0.267 e. The van der Waals surface area contributed by atoms with Crippen molar-refractivity contribution in [1.29, 1.82) is 0 Å². The van der Waals surface area contributed by atoms with Gasteiger partial charge in [-0.05, 0) is 54.6 Å². The first-order chi connectivity index (χ1) is 14.5. The number of rotatable bonds is 7. The molecule has 156 valence electrons. The van der Waals surface area contributed by atoms with Crippen molar-refractivity contribution < 1.29 is 19.0 Å².